The lowest BCUT2D eigenvalue weighted by molar-refractivity contribution is 0.0849. The Hall–Kier alpha value is -0.390. The molecule has 1 aromatic rings. The number of aliphatic hydroxyl groups excluding tert-OH is 1. The van der Waals surface area contributed by atoms with Gasteiger partial charge in [0, 0.05) is 14.5 Å². The number of hydrogen-bond donors (Lipinski definition) is 2. The van der Waals surface area contributed by atoms with Gasteiger partial charge >= 0.3 is 0 Å². The van der Waals surface area contributed by atoms with Crippen molar-refractivity contribution < 1.29 is 9.90 Å². The quantitative estimate of drug-likeness (QED) is 0.769. The zero-order chi connectivity index (χ0) is 9.59. The van der Waals surface area contributed by atoms with Crippen LogP contribution in [0.5, 0.6) is 0 Å². The molecule has 0 saturated carbocycles. The Morgan fingerprint density at radius 2 is 1.92 bits per heavy atom. The molecule has 1 aromatic carbocycles. The highest BCUT2D eigenvalue weighted by molar-refractivity contribution is 9.11. The van der Waals surface area contributed by atoms with E-state index in [4.69, 9.17) is 0 Å². The number of halogens is 2. The van der Waals surface area contributed by atoms with E-state index in [0.717, 1.165) is 4.47 Å². The third-order valence-electron chi connectivity index (χ3n) is 1.91. The predicted octanol–water partition coefficient (Wildman–Crippen LogP) is 1.95. The van der Waals surface area contributed by atoms with Crippen molar-refractivity contribution in [3.05, 3.63) is 32.2 Å². The molecule has 0 spiro atoms. The number of carbonyl (C=O) groups excluding carboxylic acids is 1. The summed E-state index contributed by atoms with van der Waals surface area (Å²) in [5.74, 6) is -0.254. The van der Waals surface area contributed by atoms with Gasteiger partial charge in [0.25, 0.3) is 5.91 Å². The summed E-state index contributed by atoms with van der Waals surface area (Å²) < 4.78 is 1.43. The number of aliphatic hydroxyl groups is 1. The summed E-state index contributed by atoms with van der Waals surface area (Å²) in [7, 11) is 0. The molecule has 0 fully saturated rings. The minimum absolute atomic E-state index is 0.254. The number of benzene rings is 1. The number of hydrogen-bond acceptors (Lipinski definition) is 2. The van der Waals surface area contributed by atoms with Gasteiger partial charge in [-0.1, -0.05) is 15.9 Å². The standard InChI is InChI=1S/C8H5Br2NO2/c9-3-1-2-4(10)6-5(3)7(12)11-8(6)13/h1-2,7,12H,(H,11,13)/t7-/m0/s1. The Bertz CT molecular complexity index is 392. The fourth-order valence-electron chi connectivity index (χ4n) is 1.33. The van der Waals surface area contributed by atoms with Crippen LogP contribution in [0.4, 0.5) is 0 Å². The van der Waals surface area contributed by atoms with E-state index in [1.807, 2.05) is 0 Å². The number of nitrogens with one attached hydrogen (secondary N) is 1. The highest BCUT2D eigenvalue weighted by Gasteiger charge is 2.30. The van der Waals surface area contributed by atoms with Crippen LogP contribution in [0.2, 0.25) is 0 Å². The van der Waals surface area contributed by atoms with Gasteiger partial charge in [-0.25, -0.2) is 0 Å². The molecule has 0 radical (unpaired) electrons. The third-order valence-corrected chi connectivity index (χ3v) is 3.26. The van der Waals surface area contributed by atoms with Crippen LogP contribution >= 0.6 is 31.9 Å². The first-order chi connectivity index (χ1) is 6.11. The lowest BCUT2D eigenvalue weighted by Gasteiger charge is -2.05. The van der Waals surface area contributed by atoms with Gasteiger partial charge in [-0.3, -0.25) is 4.79 Å². The molecule has 1 amide bonds. The fraction of sp³-hybridized carbons (Fsp3) is 0.125. The van der Waals surface area contributed by atoms with E-state index in [9.17, 15) is 9.90 Å². The molecule has 0 unspecified atom stereocenters. The highest BCUT2D eigenvalue weighted by atomic mass is 79.9. The molecule has 3 nitrogen and oxygen atoms in total. The molecule has 68 valence electrons. The third kappa shape index (κ3) is 1.31. The number of rotatable bonds is 0. The monoisotopic (exact) mass is 305 g/mol. The molecule has 1 aliphatic rings. The summed E-state index contributed by atoms with van der Waals surface area (Å²) >= 11 is 6.53. The zero-order valence-corrected chi connectivity index (χ0v) is 9.52. The van der Waals surface area contributed by atoms with Crippen molar-refractivity contribution in [3.63, 3.8) is 0 Å². The highest BCUT2D eigenvalue weighted by Crippen LogP contribution is 2.35. The lowest BCUT2D eigenvalue weighted by atomic mass is 10.1. The van der Waals surface area contributed by atoms with Crippen LogP contribution in [0.25, 0.3) is 0 Å². The Balaban J connectivity index is 2.74. The first kappa shape index (κ1) is 9.18. The molecule has 1 heterocycles. The van der Waals surface area contributed by atoms with Gasteiger partial charge < -0.3 is 10.4 Å². The average Bonchev–Trinajstić information content (AvgIpc) is 2.36. The maximum absolute atomic E-state index is 11.3. The minimum Gasteiger partial charge on any atom is -0.369 e. The van der Waals surface area contributed by atoms with Crippen LogP contribution in [-0.2, 0) is 0 Å². The van der Waals surface area contributed by atoms with Crippen LogP contribution < -0.4 is 5.32 Å². The van der Waals surface area contributed by atoms with E-state index in [1.54, 1.807) is 12.1 Å². The molecule has 1 atom stereocenters. The van der Waals surface area contributed by atoms with E-state index in [-0.39, 0.29) is 5.91 Å². The van der Waals surface area contributed by atoms with Crippen molar-refractivity contribution in [3.8, 4) is 0 Å². The Morgan fingerprint density at radius 1 is 1.31 bits per heavy atom. The van der Waals surface area contributed by atoms with Crippen molar-refractivity contribution in [2.24, 2.45) is 0 Å². The molecule has 2 N–H and O–H groups in total. The summed E-state index contributed by atoms with van der Waals surface area (Å²) in [5.41, 5.74) is 1.10. The summed E-state index contributed by atoms with van der Waals surface area (Å²) in [6.45, 7) is 0. The molecule has 2 rings (SSSR count). The van der Waals surface area contributed by atoms with Crippen LogP contribution in [0.15, 0.2) is 21.1 Å². The van der Waals surface area contributed by atoms with Crippen molar-refractivity contribution in [2.75, 3.05) is 0 Å². The molecule has 1 aliphatic heterocycles. The molecule has 0 saturated heterocycles. The fourth-order valence-corrected chi connectivity index (χ4v) is 2.41. The molecule has 13 heavy (non-hydrogen) atoms. The molecule has 0 aliphatic carbocycles. The maximum atomic E-state index is 11.3. The lowest BCUT2D eigenvalue weighted by Crippen LogP contribution is -2.18. The van der Waals surface area contributed by atoms with Crippen LogP contribution in [0.1, 0.15) is 22.1 Å². The first-order valence-electron chi connectivity index (χ1n) is 3.58. The summed E-state index contributed by atoms with van der Waals surface area (Å²) in [6.07, 6.45) is -0.908. The van der Waals surface area contributed by atoms with E-state index in [2.05, 4.69) is 37.2 Å². The molecule has 0 aromatic heterocycles. The van der Waals surface area contributed by atoms with Gasteiger partial charge in [-0.2, -0.15) is 0 Å². The van der Waals surface area contributed by atoms with Crippen LogP contribution in [0, 0.1) is 0 Å². The van der Waals surface area contributed by atoms with Crippen molar-refractivity contribution in [1.29, 1.82) is 0 Å². The molecule has 0 bridgehead atoms. The van der Waals surface area contributed by atoms with Crippen LogP contribution in [0.3, 0.4) is 0 Å². The van der Waals surface area contributed by atoms with Gasteiger partial charge in [0.1, 0.15) is 0 Å². The van der Waals surface area contributed by atoms with E-state index >= 15 is 0 Å². The molecule has 5 heteroatoms. The maximum Gasteiger partial charge on any atom is 0.255 e. The van der Waals surface area contributed by atoms with Crippen molar-refractivity contribution in [2.45, 2.75) is 6.23 Å². The Labute approximate surface area is 91.4 Å². The predicted molar refractivity (Wildman–Crippen MR) is 54.3 cm³/mol. The first-order valence-corrected chi connectivity index (χ1v) is 5.16. The minimum atomic E-state index is -0.908. The SMILES string of the molecule is O=C1N[C@@H](O)c2c(Br)ccc(Br)c21. The van der Waals surface area contributed by atoms with E-state index < -0.39 is 6.23 Å². The van der Waals surface area contributed by atoms with E-state index in [0.29, 0.717) is 15.6 Å². The summed E-state index contributed by atoms with van der Waals surface area (Å²) in [6, 6.07) is 3.55. The van der Waals surface area contributed by atoms with Gasteiger partial charge in [0.15, 0.2) is 6.23 Å². The second-order valence-corrected chi connectivity index (χ2v) is 4.40. The van der Waals surface area contributed by atoms with Gasteiger partial charge in [-0.05, 0) is 28.1 Å². The van der Waals surface area contributed by atoms with Gasteiger partial charge in [0.05, 0.1) is 5.56 Å². The molecular formula is C8H5Br2NO2. The number of amides is 1. The topological polar surface area (TPSA) is 49.3 Å². The number of fused-ring (bicyclic) bond motifs is 1. The number of carbonyl (C=O) groups is 1. The zero-order valence-electron chi connectivity index (χ0n) is 6.34. The van der Waals surface area contributed by atoms with Crippen LogP contribution in [-0.4, -0.2) is 11.0 Å². The smallest absolute Gasteiger partial charge is 0.255 e. The van der Waals surface area contributed by atoms with Gasteiger partial charge in [-0.15, -0.1) is 0 Å². The van der Waals surface area contributed by atoms with Crippen molar-refractivity contribution >= 4 is 37.8 Å². The average molecular weight is 307 g/mol. The van der Waals surface area contributed by atoms with Crippen molar-refractivity contribution in [1.82, 2.24) is 5.32 Å². The normalized spacial score (nSPS) is 19.9. The summed E-state index contributed by atoms with van der Waals surface area (Å²) in [5, 5.41) is 11.9. The van der Waals surface area contributed by atoms with Gasteiger partial charge in [0.2, 0.25) is 0 Å². The second-order valence-electron chi connectivity index (χ2n) is 2.69. The second kappa shape index (κ2) is 3.08. The molecular weight excluding hydrogens is 302 g/mol. The largest absolute Gasteiger partial charge is 0.369 e. The van der Waals surface area contributed by atoms with E-state index in [1.165, 1.54) is 0 Å². The Kier molecular flexibility index (Phi) is 2.17. The summed E-state index contributed by atoms with van der Waals surface area (Å²) in [4.78, 5) is 11.3. The Morgan fingerprint density at radius 3 is 2.54 bits per heavy atom.